The molecule has 5 heteroatoms. The monoisotopic (exact) mass is 518 g/mol. The van der Waals surface area contributed by atoms with Crippen LogP contribution >= 0.6 is 0 Å². The van der Waals surface area contributed by atoms with Gasteiger partial charge in [-0.3, -0.25) is 4.79 Å². The van der Waals surface area contributed by atoms with Gasteiger partial charge < -0.3 is 19.7 Å². The van der Waals surface area contributed by atoms with E-state index in [0.717, 1.165) is 56.9 Å². The molecule has 2 atom stereocenters. The Bertz CT molecular complexity index is 648. The van der Waals surface area contributed by atoms with E-state index in [1.807, 2.05) is 24.3 Å². The molecular formula is C32H54O5. The van der Waals surface area contributed by atoms with Gasteiger partial charge in [-0.25, -0.2) is 0 Å². The molecule has 0 radical (unpaired) electrons. The Balaban J connectivity index is 2.07. The number of aliphatic carboxylic acids is 1. The van der Waals surface area contributed by atoms with Crippen LogP contribution in [0.25, 0.3) is 0 Å². The third kappa shape index (κ3) is 21.0. The number of hydrogen-bond acceptors (Lipinski definition) is 4. The minimum Gasteiger partial charge on any atom is -0.481 e. The molecule has 0 aromatic heterocycles. The van der Waals surface area contributed by atoms with E-state index in [1.165, 1.54) is 57.8 Å². The fraction of sp³-hybridized carbons (Fsp3) is 0.719. The van der Waals surface area contributed by atoms with Crippen LogP contribution in [-0.2, 0) is 20.9 Å². The second-order valence-electron chi connectivity index (χ2n) is 10.3. The zero-order chi connectivity index (χ0) is 26.8. The number of hydrogen-bond donors (Lipinski definition) is 2. The molecule has 0 aliphatic heterocycles. The number of unbranched alkanes of at least 4 members (excludes halogenated alkanes) is 14. The average Bonchev–Trinajstić information content (AvgIpc) is 2.90. The van der Waals surface area contributed by atoms with Gasteiger partial charge in [0.1, 0.15) is 6.10 Å². The molecule has 0 aliphatic carbocycles. The minimum atomic E-state index is -0.677. The number of allylic oxidation sites excluding steroid dienone is 1. The van der Waals surface area contributed by atoms with Crippen LogP contribution < -0.4 is 0 Å². The number of ether oxygens (including phenoxy) is 2. The van der Waals surface area contributed by atoms with Crippen molar-refractivity contribution in [3.8, 4) is 0 Å². The van der Waals surface area contributed by atoms with Crippen molar-refractivity contribution in [3.05, 3.63) is 48.6 Å². The molecule has 0 bridgehead atoms. The van der Waals surface area contributed by atoms with Gasteiger partial charge in [0.05, 0.1) is 19.3 Å². The molecule has 0 spiro atoms. The molecule has 1 aromatic rings. The van der Waals surface area contributed by atoms with Gasteiger partial charge in [-0.15, -0.1) is 6.58 Å². The Labute approximate surface area is 226 Å². The first-order valence-electron chi connectivity index (χ1n) is 14.9. The lowest BCUT2D eigenvalue weighted by Crippen LogP contribution is -2.34. The molecule has 0 aliphatic rings. The SMILES string of the molecule is C=CCCCCO[C@@H](COCc1ccccc1)C(O)CCCCCCCCCCCCCCCC(=O)O. The number of carboxylic acids is 1. The number of rotatable bonds is 27. The van der Waals surface area contributed by atoms with Crippen LogP contribution in [0, 0.1) is 0 Å². The molecule has 0 fully saturated rings. The summed E-state index contributed by atoms with van der Waals surface area (Å²) in [5, 5.41) is 19.4. The summed E-state index contributed by atoms with van der Waals surface area (Å²) >= 11 is 0. The highest BCUT2D eigenvalue weighted by atomic mass is 16.5. The first-order valence-corrected chi connectivity index (χ1v) is 14.9. The molecular weight excluding hydrogens is 464 g/mol. The fourth-order valence-corrected chi connectivity index (χ4v) is 4.52. The first-order chi connectivity index (χ1) is 18.1. The molecule has 1 unspecified atom stereocenters. The Morgan fingerprint density at radius 2 is 1.38 bits per heavy atom. The van der Waals surface area contributed by atoms with Crippen LogP contribution in [0.15, 0.2) is 43.0 Å². The van der Waals surface area contributed by atoms with Crippen molar-refractivity contribution in [2.24, 2.45) is 0 Å². The highest BCUT2D eigenvalue weighted by Crippen LogP contribution is 2.16. The molecule has 0 heterocycles. The number of aliphatic hydroxyl groups excluding tert-OH is 1. The summed E-state index contributed by atoms with van der Waals surface area (Å²) in [6, 6.07) is 10.1. The van der Waals surface area contributed by atoms with Crippen molar-refractivity contribution in [1.29, 1.82) is 0 Å². The highest BCUT2D eigenvalue weighted by Gasteiger charge is 2.20. The van der Waals surface area contributed by atoms with E-state index in [2.05, 4.69) is 18.7 Å². The summed E-state index contributed by atoms with van der Waals surface area (Å²) in [7, 11) is 0. The molecule has 2 N–H and O–H groups in total. The minimum absolute atomic E-state index is 0.274. The Hall–Kier alpha value is -1.69. The Kier molecular flexibility index (Phi) is 22.2. The van der Waals surface area contributed by atoms with Crippen molar-refractivity contribution in [3.63, 3.8) is 0 Å². The van der Waals surface area contributed by atoms with Gasteiger partial charge in [0.25, 0.3) is 0 Å². The Morgan fingerprint density at radius 1 is 0.811 bits per heavy atom. The highest BCUT2D eigenvalue weighted by molar-refractivity contribution is 5.66. The van der Waals surface area contributed by atoms with Gasteiger partial charge in [-0.2, -0.15) is 0 Å². The van der Waals surface area contributed by atoms with E-state index in [4.69, 9.17) is 14.6 Å². The molecule has 1 rings (SSSR count). The van der Waals surface area contributed by atoms with Crippen LogP contribution in [0.2, 0.25) is 0 Å². The second-order valence-corrected chi connectivity index (χ2v) is 10.3. The summed E-state index contributed by atoms with van der Waals surface area (Å²) < 4.78 is 11.9. The summed E-state index contributed by atoms with van der Waals surface area (Å²) in [5.74, 6) is -0.677. The Morgan fingerprint density at radius 3 is 1.95 bits per heavy atom. The topological polar surface area (TPSA) is 76.0 Å². The normalized spacial score (nSPS) is 12.9. The van der Waals surface area contributed by atoms with Gasteiger partial charge in [0, 0.05) is 13.0 Å². The third-order valence-electron chi connectivity index (χ3n) is 6.85. The number of carbonyl (C=O) groups is 1. The maximum atomic E-state index is 10.8. The van der Waals surface area contributed by atoms with Crippen LogP contribution in [0.3, 0.4) is 0 Å². The lowest BCUT2D eigenvalue weighted by molar-refractivity contribution is -0.137. The van der Waals surface area contributed by atoms with E-state index >= 15 is 0 Å². The van der Waals surface area contributed by atoms with Crippen molar-refractivity contribution < 1.29 is 24.5 Å². The van der Waals surface area contributed by atoms with E-state index in [9.17, 15) is 9.90 Å². The molecule has 1 aromatic carbocycles. The first kappa shape index (κ1) is 33.3. The van der Waals surface area contributed by atoms with Gasteiger partial charge in [0.15, 0.2) is 0 Å². The smallest absolute Gasteiger partial charge is 0.303 e. The van der Waals surface area contributed by atoms with Gasteiger partial charge in [-0.1, -0.05) is 113 Å². The van der Waals surface area contributed by atoms with Crippen molar-refractivity contribution >= 4 is 5.97 Å². The maximum absolute atomic E-state index is 10.8. The molecule has 37 heavy (non-hydrogen) atoms. The summed E-state index contributed by atoms with van der Waals surface area (Å²) in [5.41, 5.74) is 1.13. The molecule has 0 amide bonds. The number of carboxylic acid groups (broad SMARTS) is 1. The van der Waals surface area contributed by atoms with Crippen LogP contribution in [-0.4, -0.2) is 41.6 Å². The standard InChI is InChI=1S/C32H54O5/c1-2-3-4-21-26-37-31(28-36-27-29-22-17-16-18-23-29)30(33)24-19-14-12-10-8-6-5-7-9-11-13-15-20-25-32(34)35/h2,16-18,22-23,30-31,33H,1,3-15,19-21,24-28H2,(H,34,35)/t30?,31-/m0/s1. The van der Waals surface area contributed by atoms with E-state index < -0.39 is 12.1 Å². The van der Waals surface area contributed by atoms with E-state index in [0.29, 0.717) is 26.2 Å². The summed E-state index contributed by atoms with van der Waals surface area (Å²) in [6.07, 6.45) is 20.7. The van der Waals surface area contributed by atoms with Crippen molar-refractivity contribution in [2.75, 3.05) is 13.2 Å². The maximum Gasteiger partial charge on any atom is 0.303 e. The molecule has 0 saturated carbocycles. The zero-order valence-electron chi connectivity index (χ0n) is 23.3. The number of aliphatic hydroxyl groups is 1. The largest absolute Gasteiger partial charge is 0.481 e. The molecule has 0 saturated heterocycles. The van der Waals surface area contributed by atoms with Gasteiger partial charge in [-0.05, 0) is 37.7 Å². The molecule has 5 nitrogen and oxygen atoms in total. The lowest BCUT2D eigenvalue weighted by Gasteiger charge is -2.23. The fourth-order valence-electron chi connectivity index (χ4n) is 4.52. The number of benzene rings is 1. The van der Waals surface area contributed by atoms with Crippen molar-refractivity contribution in [2.45, 2.75) is 134 Å². The summed E-state index contributed by atoms with van der Waals surface area (Å²) in [4.78, 5) is 10.5. The van der Waals surface area contributed by atoms with Gasteiger partial charge >= 0.3 is 5.97 Å². The predicted octanol–water partition coefficient (Wildman–Crippen LogP) is 8.24. The second kappa shape index (κ2) is 24.6. The average molecular weight is 519 g/mol. The predicted molar refractivity (Wildman–Crippen MR) is 153 cm³/mol. The van der Waals surface area contributed by atoms with E-state index in [1.54, 1.807) is 0 Å². The summed E-state index contributed by atoms with van der Waals surface area (Å²) in [6.45, 7) is 5.37. The van der Waals surface area contributed by atoms with Crippen molar-refractivity contribution in [1.82, 2.24) is 0 Å². The zero-order valence-corrected chi connectivity index (χ0v) is 23.3. The third-order valence-corrected chi connectivity index (χ3v) is 6.85. The van der Waals surface area contributed by atoms with Crippen LogP contribution in [0.5, 0.6) is 0 Å². The van der Waals surface area contributed by atoms with Gasteiger partial charge in [0.2, 0.25) is 0 Å². The molecule has 212 valence electrons. The van der Waals surface area contributed by atoms with Crippen LogP contribution in [0.4, 0.5) is 0 Å². The quantitative estimate of drug-likeness (QED) is 0.0906. The van der Waals surface area contributed by atoms with Crippen LogP contribution in [0.1, 0.15) is 121 Å². The lowest BCUT2D eigenvalue weighted by atomic mass is 10.0. The van der Waals surface area contributed by atoms with E-state index in [-0.39, 0.29) is 6.10 Å².